The summed E-state index contributed by atoms with van der Waals surface area (Å²) in [5.41, 5.74) is 1.26. The average molecular weight is 297 g/mol. The molecule has 2 heterocycles. The Morgan fingerprint density at radius 1 is 1.44 bits per heavy atom. The van der Waals surface area contributed by atoms with Crippen molar-refractivity contribution in [1.29, 1.82) is 0 Å². The van der Waals surface area contributed by atoms with Crippen molar-refractivity contribution in [2.75, 3.05) is 7.05 Å². The van der Waals surface area contributed by atoms with Crippen LogP contribution in [0.25, 0.3) is 0 Å². The summed E-state index contributed by atoms with van der Waals surface area (Å²) in [6.07, 6.45) is 4.70. The minimum atomic E-state index is 0.362. The highest BCUT2D eigenvalue weighted by Gasteiger charge is 2.12. The zero-order chi connectivity index (χ0) is 11.4. The van der Waals surface area contributed by atoms with Crippen molar-refractivity contribution in [3.8, 4) is 0 Å². The number of nitrogens with one attached hydrogen (secondary N) is 1. The van der Waals surface area contributed by atoms with Crippen LogP contribution in [-0.4, -0.2) is 12.0 Å². The summed E-state index contributed by atoms with van der Waals surface area (Å²) in [7, 11) is 1.99. The van der Waals surface area contributed by atoms with E-state index in [2.05, 4.69) is 44.4 Å². The Balaban J connectivity index is 2.12. The van der Waals surface area contributed by atoms with E-state index in [-0.39, 0.29) is 0 Å². The number of thiophene rings is 1. The Bertz CT molecular complexity index is 441. The van der Waals surface area contributed by atoms with Gasteiger partial charge in [0.1, 0.15) is 0 Å². The first-order valence-corrected chi connectivity index (χ1v) is 6.72. The summed E-state index contributed by atoms with van der Waals surface area (Å²) in [6.45, 7) is 0. The first-order valence-electron chi connectivity index (χ1n) is 5.11. The van der Waals surface area contributed by atoms with E-state index in [9.17, 15) is 0 Å². The fraction of sp³-hybridized carbons (Fsp3) is 0.250. The number of nitrogens with zero attached hydrogens (tertiary/aromatic N) is 1. The predicted octanol–water partition coefficient (Wildman–Crippen LogP) is 3.41. The maximum absolute atomic E-state index is 4.14. The van der Waals surface area contributed by atoms with Crippen LogP contribution in [0.4, 0.5) is 0 Å². The molecule has 2 aromatic heterocycles. The van der Waals surface area contributed by atoms with Gasteiger partial charge in [-0.25, -0.2) is 0 Å². The number of pyridine rings is 1. The number of aromatic nitrogens is 1. The second-order valence-electron chi connectivity index (χ2n) is 3.55. The Morgan fingerprint density at radius 2 is 2.31 bits per heavy atom. The van der Waals surface area contributed by atoms with Crippen molar-refractivity contribution in [2.24, 2.45) is 0 Å². The molecule has 0 aliphatic heterocycles. The lowest BCUT2D eigenvalue weighted by Crippen LogP contribution is -2.17. The number of hydrogen-bond donors (Lipinski definition) is 1. The van der Waals surface area contributed by atoms with Crippen LogP contribution in [0.3, 0.4) is 0 Å². The van der Waals surface area contributed by atoms with Crippen LogP contribution in [0.2, 0.25) is 0 Å². The summed E-state index contributed by atoms with van der Waals surface area (Å²) in [5.74, 6) is 0. The molecule has 0 aromatic carbocycles. The van der Waals surface area contributed by atoms with Crippen molar-refractivity contribution >= 4 is 27.3 Å². The van der Waals surface area contributed by atoms with Crippen LogP contribution in [0.1, 0.15) is 16.5 Å². The zero-order valence-corrected chi connectivity index (χ0v) is 11.4. The van der Waals surface area contributed by atoms with E-state index in [0.29, 0.717) is 6.04 Å². The predicted molar refractivity (Wildman–Crippen MR) is 71.8 cm³/mol. The average Bonchev–Trinajstić information content (AvgIpc) is 2.74. The molecule has 0 saturated heterocycles. The maximum Gasteiger partial charge on any atom is 0.0701 e. The summed E-state index contributed by atoms with van der Waals surface area (Å²) < 4.78 is 1.17. The topological polar surface area (TPSA) is 24.9 Å². The molecule has 2 rings (SSSR count). The van der Waals surface area contributed by atoms with Gasteiger partial charge in [0, 0.05) is 23.3 Å². The van der Waals surface area contributed by atoms with Gasteiger partial charge in [-0.1, -0.05) is 6.07 Å². The lowest BCUT2D eigenvalue weighted by Gasteiger charge is -2.14. The largest absolute Gasteiger partial charge is 0.312 e. The Morgan fingerprint density at radius 3 is 2.88 bits per heavy atom. The number of rotatable bonds is 4. The highest BCUT2D eigenvalue weighted by Crippen LogP contribution is 2.28. The minimum Gasteiger partial charge on any atom is -0.312 e. The smallest absolute Gasteiger partial charge is 0.0701 e. The van der Waals surface area contributed by atoms with Gasteiger partial charge in [-0.2, -0.15) is 0 Å². The van der Waals surface area contributed by atoms with E-state index in [4.69, 9.17) is 0 Å². The zero-order valence-electron chi connectivity index (χ0n) is 8.98. The number of halogens is 1. The first kappa shape index (κ1) is 11.8. The normalized spacial score (nSPS) is 12.6. The van der Waals surface area contributed by atoms with Gasteiger partial charge in [0.25, 0.3) is 0 Å². The van der Waals surface area contributed by atoms with Gasteiger partial charge in [0.05, 0.1) is 3.79 Å². The molecule has 0 aliphatic carbocycles. The number of hydrogen-bond acceptors (Lipinski definition) is 3. The van der Waals surface area contributed by atoms with Crippen molar-refractivity contribution in [2.45, 2.75) is 12.5 Å². The quantitative estimate of drug-likeness (QED) is 0.935. The number of likely N-dealkylation sites (N-methyl/N-ethyl adjacent to an activating group) is 1. The molecule has 1 unspecified atom stereocenters. The van der Waals surface area contributed by atoms with Gasteiger partial charge in [-0.05, 0) is 53.2 Å². The van der Waals surface area contributed by atoms with Crippen molar-refractivity contribution in [3.63, 3.8) is 0 Å². The molecule has 0 amide bonds. The van der Waals surface area contributed by atoms with Crippen LogP contribution < -0.4 is 5.32 Å². The fourth-order valence-electron chi connectivity index (χ4n) is 1.62. The van der Waals surface area contributed by atoms with Crippen LogP contribution in [0.15, 0.2) is 40.4 Å². The molecule has 0 spiro atoms. The van der Waals surface area contributed by atoms with Gasteiger partial charge in [0.2, 0.25) is 0 Å². The van der Waals surface area contributed by atoms with Gasteiger partial charge in [-0.15, -0.1) is 11.3 Å². The fourth-order valence-corrected chi connectivity index (χ4v) is 3.15. The van der Waals surface area contributed by atoms with Crippen molar-refractivity contribution in [1.82, 2.24) is 10.3 Å². The third kappa shape index (κ3) is 2.90. The van der Waals surface area contributed by atoms with Crippen LogP contribution in [0, 0.1) is 0 Å². The van der Waals surface area contributed by atoms with Crippen molar-refractivity contribution in [3.05, 3.63) is 50.9 Å². The molecule has 1 N–H and O–H groups in total. The molecule has 0 bridgehead atoms. The summed E-state index contributed by atoms with van der Waals surface area (Å²) in [5, 5.41) is 3.34. The van der Waals surface area contributed by atoms with E-state index in [0.717, 1.165) is 6.42 Å². The van der Waals surface area contributed by atoms with Gasteiger partial charge in [-0.3, -0.25) is 4.98 Å². The maximum atomic E-state index is 4.14. The van der Waals surface area contributed by atoms with Crippen LogP contribution in [-0.2, 0) is 6.42 Å². The third-order valence-corrected chi connectivity index (χ3v) is 4.19. The van der Waals surface area contributed by atoms with E-state index >= 15 is 0 Å². The molecule has 84 valence electrons. The summed E-state index contributed by atoms with van der Waals surface area (Å²) >= 11 is 5.27. The highest BCUT2D eigenvalue weighted by molar-refractivity contribution is 9.11. The third-order valence-electron chi connectivity index (χ3n) is 2.45. The SMILES string of the molecule is CNC(Cc1cccnc1)c1ccc(Br)s1. The molecule has 4 heteroatoms. The molecule has 2 aromatic rings. The Hall–Kier alpha value is -0.710. The molecule has 2 nitrogen and oxygen atoms in total. The van der Waals surface area contributed by atoms with Gasteiger partial charge < -0.3 is 5.32 Å². The van der Waals surface area contributed by atoms with Gasteiger partial charge >= 0.3 is 0 Å². The monoisotopic (exact) mass is 296 g/mol. The van der Waals surface area contributed by atoms with Gasteiger partial charge in [0.15, 0.2) is 0 Å². The summed E-state index contributed by atoms with van der Waals surface area (Å²) in [6, 6.07) is 8.70. The molecular weight excluding hydrogens is 284 g/mol. The Kier molecular flexibility index (Phi) is 4.09. The second-order valence-corrected chi connectivity index (χ2v) is 6.04. The van der Waals surface area contributed by atoms with E-state index in [1.807, 2.05) is 19.3 Å². The molecule has 16 heavy (non-hydrogen) atoms. The summed E-state index contributed by atoms with van der Waals surface area (Å²) in [4.78, 5) is 5.48. The highest BCUT2D eigenvalue weighted by atomic mass is 79.9. The standard InChI is InChI=1S/C12H13BrN2S/c1-14-10(11-4-5-12(13)16-11)7-9-3-2-6-15-8-9/h2-6,8,10,14H,7H2,1H3. The molecular formula is C12H13BrN2S. The molecule has 0 fully saturated rings. The molecule has 0 radical (unpaired) electrons. The van der Waals surface area contributed by atoms with E-state index in [1.54, 1.807) is 17.5 Å². The van der Waals surface area contributed by atoms with Crippen molar-refractivity contribution < 1.29 is 0 Å². The Labute approximate surface area is 108 Å². The minimum absolute atomic E-state index is 0.362. The lowest BCUT2D eigenvalue weighted by atomic mass is 10.1. The lowest BCUT2D eigenvalue weighted by molar-refractivity contribution is 0.601. The second kappa shape index (κ2) is 5.57. The van der Waals surface area contributed by atoms with E-state index < -0.39 is 0 Å². The van der Waals surface area contributed by atoms with E-state index in [1.165, 1.54) is 14.2 Å². The van der Waals surface area contributed by atoms with Crippen LogP contribution >= 0.6 is 27.3 Å². The molecule has 0 saturated carbocycles. The van der Waals surface area contributed by atoms with Crippen LogP contribution in [0.5, 0.6) is 0 Å². The molecule has 0 aliphatic rings. The first-order chi connectivity index (χ1) is 7.79. The molecule has 1 atom stereocenters.